The van der Waals surface area contributed by atoms with E-state index in [4.69, 9.17) is 5.73 Å². The predicted molar refractivity (Wildman–Crippen MR) is 112 cm³/mol. The Morgan fingerprint density at radius 3 is 2.17 bits per heavy atom. The van der Waals surface area contributed by atoms with Crippen molar-refractivity contribution in [2.24, 2.45) is 16.0 Å². The highest BCUT2D eigenvalue weighted by Gasteiger charge is 2.17. The van der Waals surface area contributed by atoms with Crippen LogP contribution < -0.4 is 5.73 Å². The average Bonchev–Trinajstić information content (AvgIpc) is 2.76. The van der Waals surface area contributed by atoms with E-state index < -0.39 is 11.9 Å². The van der Waals surface area contributed by atoms with Crippen LogP contribution in [0.3, 0.4) is 0 Å². The lowest BCUT2D eigenvalue weighted by molar-refractivity contribution is -0.119. The molecule has 0 fully saturated rings. The van der Waals surface area contributed by atoms with Gasteiger partial charge in [-0.25, -0.2) is 0 Å². The molecule has 0 aliphatic rings. The summed E-state index contributed by atoms with van der Waals surface area (Å²) < 4.78 is 0. The first kappa shape index (κ1) is 18.6. The van der Waals surface area contributed by atoms with Crippen molar-refractivity contribution in [2.45, 2.75) is 12.5 Å². The molecule has 0 spiro atoms. The Kier molecular flexibility index (Phi) is 4.93. The zero-order valence-electron chi connectivity index (χ0n) is 15.5. The zero-order valence-corrected chi connectivity index (χ0v) is 15.5. The highest BCUT2D eigenvalue weighted by atomic mass is 16.3. The fourth-order valence-electron chi connectivity index (χ4n) is 3.38. The fraction of sp³-hybridized carbons (Fsp3) is 0.0870. The molecule has 0 radical (unpaired) electrons. The van der Waals surface area contributed by atoms with Crippen LogP contribution in [0.15, 0.2) is 83.0 Å². The Labute approximate surface area is 166 Å². The van der Waals surface area contributed by atoms with Gasteiger partial charge >= 0.3 is 0 Å². The van der Waals surface area contributed by atoms with E-state index in [2.05, 4.69) is 10.2 Å². The summed E-state index contributed by atoms with van der Waals surface area (Å²) in [7, 11) is 0. The molecular weight excluding hydrogens is 366 g/mol. The van der Waals surface area contributed by atoms with Gasteiger partial charge in [-0.05, 0) is 18.1 Å². The summed E-state index contributed by atoms with van der Waals surface area (Å²) in [5.41, 5.74) is 7.17. The van der Waals surface area contributed by atoms with Gasteiger partial charge in [0.15, 0.2) is 0 Å². The van der Waals surface area contributed by atoms with Crippen molar-refractivity contribution in [2.75, 3.05) is 0 Å². The van der Waals surface area contributed by atoms with Gasteiger partial charge in [0.05, 0.1) is 17.1 Å². The third-order valence-corrected chi connectivity index (χ3v) is 4.84. The number of hydrogen-bond donors (Lipinski definition) is 3. The third-order valence-electron chi connectivity index (χ3n) is 4.84. The van der Waals surface area contributed by atoms with Crippen molar-refractivity contribution in [1.82, 2.24) is 0 Å². The highest BCUT2D eigenvalue weighted by Crippen LogP contribution is 2.45. The molecule has 1 atom stereocenters. The number of aromatic hydroxyl groups is 2. The molecule has 6 heteroatoms. The van der Waals surface area contributed by atoms with Crippen molar-refractivity contribution in [1.29, 1.82) is 0 Å². The lowest BCUT2D eigenvalue weighted by Gasteiger charge is -2.11. The van der Waals surface area contributed by atoms with E-state index in [-0.39, 0.29) is 17.2 Å². The number of amides is 1. The smallest absolute Gasteiger partial charge is 0.281 e. The molecule has 0 bridgehead atoms. The van der Waals surface area contributed by atoms with Gasteiger partial charge in [0.2, 0.25) is 0 Å². The molecule has 29 heavy (non-hydrogen) atoms. The van der Waals surface area contributed by atoms with Crippen LogP contribution in [0.1, 0.15) is 5.56 Å². The van der Waals surface area contributed by atoms with Crippen molar-refractivity contribution in [3.05, 3.63) is 78.4 Å². The minimum atomic E-state index is -0.820. The summed E-state index contributed by atoms with van der Waals surface area (Å²) in [5.74, 6) is -0.545. The van der Waals surface area contributed by atoms with Gasteiger partial charge in [0, 0.05) is 16.2 Å². The highest BCUT2D eigenvalue weighted by molar-refractivity contribution is 6.14. The number of phenols is 2. The Morgan fingerprint density at radius 1 is 0.828 bits per heavy atom. The van der Waals surface area contributed by atoms with Crippen LogP contribution in [0, 0.1) is 0 Å². The van der Waals surface area contributed by atoms with Crippen LogP contribution in [0.2, 0.25) is 0 Å². The summed E-state index contributed by atoms with van der Waals surface area (Å²) in [4.78, 5) is 12.3. The number of phenolic OH excluding ortho intramolecular Hbond substituents is 2. The first-order valence-corrected chi connectivity index (χ1v) is 9.16. The quantitative estimate of drug-likeness (QED) is 0.271. The first-order valence-electron chi connectivity index (χ1n) is 9.16. The molecule has 0 aromatic heterocycles. The lowest BCUT2D eigenvalue weighted by atomic mass is 9.99. The second-order valence-corrected chi connectivity index (χ2v) is 6.78. The molecule has 4 rings (SSSR count). The van der Waals surface area contributed by atoms with Crippen LogP contribution in [0.5, 0.6) is 11.5 Å². The van der Waals surface area contributed by atoms with Gasteiger partial charge in [-0.15, -0.1) is 10.2 Å². The standard InChI is InChI=1S/C23H19N3O3/c24-18(13-14-7-2-1-3-8-14)23(29)26-25-19-12-6-11-17-20(19)22(28)16-10-5-4-9-15(16)21(17)27/h1-12,18,27-28H,13,24H2/t18-/m1/s1. The van der Waals surface area contributed by atoms with E-state index in [0.717, 1.165) is 5.56 Å². The molecule has 0 saturated heterocycles. The van der Waals surface area contributed by atoms with Crippen LogP contribution in [-0.4, -0.2) is 22.2 Å². The molecular formula is C23H19N3O3. The predicted octanol–water partition coefficient (Wildman–Crippen LogP) is 4.58. The monoisotopic (exact) mass is 385 g/mol. The Bertz CT molecular complexity index is 1240. The van der Waals surface area contributed by atoms with E-state index in [9.17, 15) is 15.0 Å². The van der Waals surface area contributed by atoms with Gasteiger partial charge in [-0.1, -0.05) is 66.7 Å². The zero-order chi connectivity index (χ0) is 20.4. The number of nitrogens with zero attached hydrogens (tertiary/aromatic N) is 2. The molecule has 4 N–H and O–H groups in total. The van der Waals surface area contributed by atoms with E-state index >= 15 is 0 Å². The van der Waals surface area contributed by atoms with Gasteiger partial charge in [-0.3, -0.25) is 4.79 Å². The summed E-state index contributed by atoms with van der Waals surface area (Å²) in [6.07, 6.45) is 0.352. The number of hydrogen-bond acceptors (Lipinski definition) is 5. The maximum atomic E-state index is 12.3. The normalized spacial score (nSPS) is 12.6. The SMILES string of the molecule is N[C@H](Cc1ccccc1)C(=O)N=Nc1cccc2c(O)c3ccccc3c(O)c12. The minimum Gasteiger partial charge on any atom is -0.507 e. The Balaban J connectivity index is 1.70. The minimum absolute atomic E-state index is 0.0241. The fourth-order valence-corrected chi connectivity index (χ4v) is 3.38. The van der Waals surface area contributed by atoms with Crippen molar-refractivity contribution in [3.63, 3.8) is 0 Å². The third kappa shape index (κ3) is 3.53. The Hall–Kier alpha value is -3.77. The summed E-state index contributed by atoms with van der Waals surface area (Å²) in [6, 6.07) is 20.6. The molecule has 144 valence electrons. The molecule has 0 heterocycles. The van der Waals surface area contributed by atoms with Crippen molar-refractivity contribution < 1.29 is 15.0 Å². The lowest BCUT2D eigenvalue weighted by Crippen LogP contribution is -2.31. The summed E-state index contributed by atoms with van der Waals surface area (Å²) in [5, 5.41) is 31.0. The van der Waals surface area contributed by atoms with Crippen LogP contribution >= 0.6 is 0 Å². The largest absolute Gasteiger partial charge is 0.507 e. The van der Waals surface area contributed by atoms with Crippen LogP contribution in [0.25, 0.3) is 21.5 Å². The van der Waals surface area contributed by atoms with Crippen molar-refractivity contribution in [3.8, 4) is 11.5 Å². The van der Waals surface area contributed by atoms with Crippen LogP contribution in [-0.2, 0) is 11.2 Å². The summed E-state index contributed by atoms with van der Waals surface area (Å²) in [6.45, 7) is 0. The maximum absolute atomic E-state index is 12.3. The maximum Gasteiger partial charge on any atom is 0.281 e. The molecule has 0 aliphatic carbocycles. The molecule has 6 nitrogen and oxygen atoms in total. The number of benzene rings is 4. The average molecular weight is 385 g/mol. The number of nitrogens with two attached hydrogens (primary N) is 1. The van der Waals surface area contributed by atoms with Gasteiger partial charge in [-0.2, -0.15) is 0 Å². The molecule has 0 unspecified atom stereocenters. The van der Waals surface area contributed by atoms with E-state index in [1.165, 1.54) is 0 Å². The second kappa shape index (κ2) is 7.69. The van der Waals surface area contributed by atoms with Crippen LogP contribution in [0.4, 0.5) is 5.69 Å². The van der Waals surface area contributed by atoms with Gasteiger partial charge in [0.25, 0.3) is 5.91 Å². The van der Waals surface area contributed by atoms with Gasteiger partial charge in [0.1, 0.15) is 11.5 Å². The van der Waals surface area contributed by atoms with Gasteiger partial charge < -0.3 is 15.9 Å². The number of azo groups is 1. The van der Waals surface area contributed by atoms with E-state index in [0.29, 0.717) is 28.0 Å². The second-order valence-electron chi connectivity index (χ2n) is 6.78. The molecule has 4 aromatic rings. The molecule has 0 saturated carbocycles. The topological polar surface area (TPSA) is 108 Å². The number of carbonyl (C=O) groups is 1. The number of rotatable bonds is 4. The van der Waals surface area contributed by atoms with E-state index in [1.54, 1.807) is 42.5 Å². The Morgan fingerprint density at radius 2 is 1.45 bits per heavy atom. The van der Waals surface area contributed by atoms with E-state index in [1.807, 2.05) is 30.3 Å². The molecule has 1 amide bonds. The molecule has 4 aromatic carbocycles. The first-order chi connectivity index (χ1) is 14.1. The van der Waals surface area contributed by atoms with Crippen molar-refractivity contribution >= 4 is 33.1 Å². The molecule has 0 aliphatic heterocycles. The number of carbonyl (C=O) groups excluding carboxylic acids is 1. The number of fused-ring (bicyclic) bond motifs is 2. The summed E-state index contributed by atoms with van der Waals surface area (Å²) >= 11 is 0.